The molecule has 1 aliphatic rings. The number of likely N-dealkylation sites (N-methyl/N-ethyl adjacent to an activating group) is 1. The molecule has 25 heavy (non-hydrogen) atoms. The average Bonchev–Trinajstić information content (AvgIpc) is 3.06. The Morgan fingerprint density at radius 3 is 2.80 bits per heavy atom. The molecule has 0 bridgehead atoms. The Morgan fingerprint density at radius 2 is 2.04 bits per heavy atom. The van der Waals surface area contributed by atoms with Crippen LogP contribution in [0.2, 0.25) is 5.02 Å². The third-order valence-corrected chi connectivity index (χ3v) is 4.64. The van der Waals surface area contributed by atoms with Crippen molar-refractivity contribution in [3.63, 3.8) is 0 Å². The van der Waals surface area contributed by atoms with Crippen molar-refractivity contribution in [3.05, 3.63) is 51.5 Å². The monoisotopic (exact) mass is 425 g/mol. The van der Waals surface area contributed by atoms with E-state index in [1.54, 1.807) is 23.1 Å². The summed E-state index contributed by atoms with van der Waals surface area (Å²) in [7, 11) is 0. The Kier molecular flexibility index (Phi) is 5.71. The lowest BCUT2D eigenvalue weighted by Gasteiger charge is -2.21. The zero-order chi connectivity index (χ0) is 17.8. The first-order chi connectivity index (χ1) is 12.1. The molecule has 7 heteroatoms. The summed E-state index contributed by atoms with van der Waals surface area (Å²) in [6.45, 7) is 3.19. The molecule has 0 radical (unpaired) electrons. The average molecular weight is 427 g/mol. The highest BCUT2D eigenvalue weighted by molar-refractivity contribution is 9.10. The van der Waals surface area contributed by atoms with E-state index in [0.717, 1.165) is 11.3 Å². The van der Waals surface area contributed by atoms with E-state index in [9.17, 15) is 4.79 Å². The van der Waals surface area contributed by atoms with Crippen molar-refractivity contribution in [1.82, 2.24) is 4.90 Å². The predicted molar refractivity (Wildman–Crippen MR) is 98.3 cm³/mol. The van der Waals surface area contributed by atoms with Crippen molar-refractivity contribution >= 4 is 33.4 Å². The second-order valence-electron chi connectivity index (χ2n) is 5.46. The molecule has 0 fully saturated rings. The van der Waals surface area contributed by atoms with E-state index >= 15 is 0 Å². The van der Waals surface area contributed by atoms with E-state index in [1.165, 1.54) is 0 Å². The van der Waals surface area contributed by atoms with Crippen LogP contribution in [0.5, 0.6) is 17.2 Å². The van der Waals surface area contributed by atoms with Crippen LogP contribution in [-0.2, 0) is 11.3 Å². The molecule has 2 aromatic carbocycles. The minimum Gasteiger partial charge on any atom is -0.483 e. The fourth-order valence-corrected chi connectivity index (χ4v) is 3.26. The second kappa shape index (κ2) is 7.97. The first-order valence-electron chi connectivity index (χ1n) is 7.81. The fraction of sp³-hybridized carbons (Fsp3) is 0.278. The van der Waals surface area contributed by atoms with Crippen LogP contribution in [0.1, 0.15) is 12.5 Å². The van der Waals surface area contributed by atoms with Crippen molar-refractivity contribution in [2.45, 2.75) is 13.5 Å². The summed E-state index contributed by atoms with van der Waals surface area (Å²) in [6, 6.07) is 10.9. The molecule has 132 valence electrons. The topological polar surface area (TPSA) is 48.0 Å². The van der Waals surface area contributed by atoms with Gasteiger partial charge < -0.3 is 19.1 Å². The minimum absolute atomic E-state index is 0.0430. The van der Waals surface area contributed by atoms with Gasteiger partial charge in [-0.15, -0.1) is 0 Å². The largest absolute Gasteiger partial charge is 0.483 e. The van der Waals surface area contributed by atoms with Gasteiger partial charge in [0.2, 0.25) is 6.79 Å². The van der Waals surface area contributed by atoms with Gasteiger partial charge in [-0.25, -0.2) is 0 Å². The van der Waals surface area contributed by atoms with Gasteiger partial charge in [-0.3, -0.25) is 4.79 Å². The zero-order valence-corrected chi connectivity index (χ0v) is 16.0. The van der Waals surface area contributed by atoms with Gasteiger partial charge in [0.05, 0.1) is 4.47 Å². The van der Waals surface area contributed by atoms with E-state index in [0.29, 0.717) is 34.1 Å². The molecule has 1 heterocycles. The molecule has 0 saturated carbocycles. The molecule has 0 unspecified atom stereocenters. The fourth-order valence-electron chi connectivity index (χ4n) is 2.46. The van der Waals surface area contributed by atoms with Gasteiger partial charge in [0.1, 0.15) is 5.75 Å². The standard InChI is InChI=1S/C18H17BrClNO4/c1-2-21(9-12-3-5-16-17(7-12)25-11-24-16)18(22)10-23-15-6-4-13(20)8-14(15)19/h3-8H,2,9-11H2,1H3. The number of amides is 1. The van der Waals surface area contributed by atoms with Gasteiger partial charge in [0.15, 0.2) is 18.1 Å². The number of benzene rings is 2. The van der Waals surface area contributed by atoms with Gasteiger partial charge in [-0.1, -0.05) is 17.7 Å². The third-order valence-electron chi connectivity index (χ3n) is 3.79. The van der Waals surface area contributed by atoms with Gasteiger partial charge >= 0.3 is 0 Å². The highest BCUT2D eigenvalue weighted by Gasteiger charge is 2.17. The zero-order valence-electron chi connectivity index (χ0n) is 13.6. The van der Waals surface area contributed by atoms with Crippen molar-refractivity contribution in [2.24, 2.45) is 0 Å². The molecule has 5 nitrogen and oxygen atoms in total. The molecule has 0 saturated heterocycles. The number of hydrogen-bond acceptors (Lipinski definition) is 4. The van der Waals surface area contributed by atoms with Gasteiger partial charge in [-0.2, -0.15) is 0 Å². The number of fused-ring (bicyclic) bond motifs is 1. The van der Waals surface area contributed by atoms with Crippen molar-refractivity contribution in [3.8, 4) is 17.2 Å². The Bertz CT molecular complexity index is 784. The van der Waals surface area contributed by atoms with Gasteiger partial charge in [-0.05, 0) is 58.7 Å². The molecule has 3 rings (SSSR count). The number of ether oxygens (including phenoxy) is 3. The normalized spacial score (nSPS) is 12.1. The summed E-state index contributed by atoms with van der Waals surface area (Å²) < 4.78 is 17.0. The molecular weight excluding hydrogens is 410 g/mol. The molecule has 1 amide bonds. The van der Waals surface area contributed by atoms with E-state index in [1.807, 2.05) is 25.1 Å². The highest BCUT2D eigenvalue weighted by Crippen LogP contribution is 2.33. The summed E-state index contributed by atoms with van der Waals surface area (Å²) in [6.07, 6.45) is 0. The van der Waals surface area contributed by atoms with Crippen molar-refractivity contribution in [1.29, 1.82) is 0 Å². The van der Waals surface area contributed by atoms with Crippen molar-refractivity contribution < 1.29 is 19.0 Å². The van der Waals surface area contributed by atoms with Crippen LogP contribution in [0.4, 0.5) is 0 Å². The van der Waals surface area contributed by atoms with E-state index in [2.05, 4.69) is 15.9 Å². The number of hydrogen-bond donors (Lipinski definition) is 0. The number of halogens is 2. The Hall–Kier alpha value is -1.92. The van der Waals surface area contributed by atoms with E-state index in [-0.39, 0.29) is 19.3 Å². The van der Waals surface area contributed by atoms with Crippen LogP contribution in [0, 0.1) is 0 Å². The van der Waals surface area contributed by atoms with Crippen molar-refractivity contribution in [2.75, 3.05) is 19.9 Å². The second-order valence-corrected chi connectivity index (χ2v) is 6.75. The maximum atomic E-state index is 12.5. The molecule has 0 spiro atoms. The molecule has 0 aromatic heterocycles. The summed E-state index contributed by atoms with van der Waals surface area (Å²) in [5.74, 6) is 1.93. The lowest BCUT2D eigenvalue weighted by atomic mass is 10.2. The van der Waals surface area contributed by atoms with Crippen LogP contribution in [0.15, 0.2) is 40.9 Å². The summed E-state index contributed by atoms with van der Waals surface area (Å²) >= 11 is 9.28. The maximum Gasteiger partial charge on any atom is 0.260 e. The number of carbonyl (C=O) groups is 1. The van der Waals surface area contributed by atoms with Crippen LogP contribution in [-0.4, -0.2) is 30.8 Å². The smallest absolute Gasteiger partial charge is 0.260 e. The SMILES string of the molecule is CCN(Cc1ccc2c(c1)OCO2)C(=O)COc1ccc(Cl)cc1Br. The lowest BCUT2D eigenvalue weighted by molar-refractivity contribution is -0.133. The number of carbonyl (C=O) groups excluding carboxylic acids is 1. The van der Waals surface area contributed by atoms with Crippen LogP contribution >= 0.6 is 27.5 Å². The Balaban J connectivity index is 1.61. The third kappa shape index (κ3) is 4.38. The Morgan fingerprint density at radius 1 is 1.24 bits per heavy atom. The Labute approximate surface area is 159 Å². The van der Waals surface area contributed by atoms with Crippen LogP contribution in [0.25, 0.3) is 0 Å². The quantitative estimate of drug-likeness (QED) is 0.692. The molecular formula is C18H17BrClNO4. The van der Waals surface area contributed by atoms with Crippen LogP contribution in [0.3, 0.4) is 0 Å². The van der Waals surface area contributed by atoms with Gasteiger partial charge in [0, 0.05) is 18.1 Å². The molecule has 1 aliphatic heterocycles. The number of nitrogens with zero attached hydrogens (tertiary/aromatic N) is 1. The summed E-state index contributed by atoms with van der Waals surface area (Å²) in [5, 5.41) is 0.601. The molecule has 0 atom stereocenters. The van der Waals surface area contributed by atoms with E-state index in [4.69, 9.17) is 25.8 Å². The molecule has 0 N–H and O–H groups in total. The highest BCUT2D eigenvalue weighted by atomic mass is 79.9. The molecule has 0 aliphatic carbocycles. The summed E-state index contributed by atoms with van der Waals surface area (Å²) in [4.78, 5) is 14.2. The lowest BCUT2D eigenvalue weighted by Crippen LogP contribution is -2.34. The van der Waals surface area contributed by atoms with Crippen LogP contribution < -0.4 is 14.2 Å². The minimum atomic E-state index is -0.0954. The predicted octanol–water partition coefficient (Wildman–Crippen LogP) is 4.26. The first-order valence-corrected chi connectivity index (χ1v) is 8.98. The maximum absolute atomic E-state index is 12.5. The molecule has 2 aromatic rings. The number of rotatable bonds is 6. The first kappa shape index (κ1) is 17.9. The van der Waals surface area contributed by atoms with E-state index < -0.39 is 0 Å². The summed E-state index contributed by atoms with van der Waals surface area (Å²) in [5.41, 5.74) is 0.979. The van der Waals surface area contributed by atoms with Gasteiger partial charge in [0.25, 0.3) is 5.91 Å².